The molecule has 11 atom stereocenters. The number of carbonyl (C=O) groups excluding carboxylic acids is 2. The maximum atomic E-state index is 14.3. The first kappa shape index (κ1) is 31.6. The van der Waals surface area contributed by atoms with Gasteiger partial charge in [0.25, 0.3) is 0 Å². The van der Waals surface area contributed by atoms with Crippen molar-refractivity contribution >= 4 is 11.9 Å². The summed E-state index contributed by atoms with van der Waals surface area (Å²) in [6.45, 7) is 23.2. The van der Waals surface area contributed by atoms with Gasteiger partial charge in [0.2, 0.25) is 0 Å². The summed E-state index contributed by atoms with van der Waals surface area (Å²) in [7, 11) is 0. The molecule has 44 heavy (non-hydrogen) atoms. The third-order valence-corrected chi connectivity index (χ3v) is 14.1. The molecule has 242 valence electrons. The Kier molecular flexibility index (Phi) is 7.78. The molecule has 0 aromatic carbocycles. The van der Waals surface area contributed by atoms with E-state index in [1.807, 2.05) is 24.0 Å². The number of aryl methyl sites for hydroxylation is 2. The number of aromatic nitrogens is 2. The lowest BCUT2D eigenvalue weighted by molar-refractivity contribution is -0.260. The molecule has 4 saturated carbocycles. The Morgan fingerprint density at radius 2 is 1.86 bits per heavy atom. The van der Waals surface area contributed by atoms with Gasteiger partial charge in [-0.3, -0.25) is 9.59 Å². The quantitative estimate of drug-likeness (QED) is 0.208. The van der Waals surface area contributed by atoms with Gasteiger partial charge in [-0.2, -0.15) is 0 Å². The molecule has 1 N–H and O–H groups in total. The average molecular weight is 607 g/mol. The third-order valence-electron chi connectivity index (χ3n) is 14.1. The van der Waals surface area contributed by atoms with Crippen LogP contribution in [0.2, 0.25) is 0 Å². The summed E-state index contributed by atoms with van der Waals surface area (Å²) in [5.74, 6) is 0.300. The molecule has 1 saturated heterocycles. The molecule has 4 aliphatic carbocycles. The first-order chi connectivity index (χ1) is 20.7. The molecular formula is C37H54N2O5. The second-order valence-electron chi connectivity index (χ2n) is 16.1. The first-order valence-corrected chi connectivity index (χ1v) is 17.0. The molecular weight excluding hydrogens is 552 g/mol. The molecule has 0 bridgehead atoms. The van der Waals surface area contributed by atoms with Crippen LogP contribution in [0.15, 0.2) is 36.8 Å². The number of carbonyl (C=O) groups is 2. The minimum absolute atomic E-state index is 0.0177. The summed E-state index contributed by atoms with van der Waals surface area (Å²) in [5, 5.41) is 11.7. The van der Waals surface area contributed by atoms with E-state index >= 15 is 0 Å². The highest BCUT2D eigenvalue weighted by Crippen LogP contribution is 2.77. The second-order valence-corrected chi connectivity index (χ2v) is 16.1. The van der Waals surface area contributed by atoms with Gasteiger partial charge in [0, 0.05) is 24.1 Å². The zero-order valence-electron chi connectivity index (χ0n) is 27.9. The van der Waals surface area contributed by atoms with Crippen LogP contribution in [0.5, 0.6) is 0 Å². The fourth-order valence-corrected chi connectivity index (χ4v) is 11.9. The molecule has 0 radical (unpaired) electrons. The monoisotopic (exact) mass is 606 g/mol. The van der Waals surface area contributed by atoms with Crippen LogP contribution >= 0.6 is 0 Å². The van der Waals surface area contributed by atoms with Crippen LogP contribution in [0.1, 0.15) is 98.1 Å². The molecule has 1 aromatic rings. The molecule has 6 rings (SSSR count). The largest absolute Gasteiger partial charge is 0.465 e. The van der Waals surface area contributed by atoms with Crippen molar-refractivity contribution in [1.29, 1.82) is 0 Å². The average Bonchev–Trinajstić information content (AvgIpc) is 3.53. The topological polar surface area (TPSA) is 90.7 Å². The van der Waals surface area contributed by atoms with Crippen molar-refractivity contribution in [1.82, 2.24) is 9.55 Å². The van der Waals surface area contributed by atoms with Gasteiger partial charge in [-0.1, -0.05) is 45.1 Å². The first-order valence-electron chi connectivity index (χ1n) is 17.0. The number of rotatable bonds is 7. The molecule has 7 heteroatoms. The van der Waals surface area contributed by atoms with E-state index in [2.05, 4.69) is 52.8 Å². The van der Waals surface area contributed by atoms with Crippen molar-refractivity contribution in [2.75, 3.05) is 6.61 Å². The number of ether oxygens (including phenoxy) is 2. The molecule has 1 aliphatic heterocycles. The van der Waals surface area contributed by atoms with E-state index in [-0.39, 0.29) is 64.9 Å². The third kappa shape index (κ3) is 4.41. The molecule has 5 aliphatic rings. The fraction of sp³-hybridized carbons (Fsp3) is 0.757. The van der Waals surface area contributed by atoms with Gasteiger partial charge in [-0.05, 0) is 107 Å². The predicted octanol–water partition coefficient (Wildman–Crippen LogP) is 6.82. The maximum absolute atomic E-state index is 14.3. The number of hydrogen-bond donors (Lipinski definition) is 1. The predicted molar refractivity (Wildman–Crippen MR) is 169 cm³/mol. The fourth-order valence-electron chi connectivity index (χ4n) is 11.9. The van der Waals surface area contributed by atoms with Crippen LogP contribution in [0.3, 0.4) is 0 Å². The van der Waals surface area contributed by atoms with Crippen molar-refractivity contribution < 1.29 is 24.2 Å². The zero-order chi connectivity index (χ0) is 31.8. The molecule has 0 unspecified atom stereocenters. The maximum Gasteiger partial charge on any atom is 0.312 e. The highest BCUT2D eigenvalue weighted by atomic mass is 16.5. The van der Waals surface area contributed by atoms with Gasteiger partial charge < -0.3 is 19.1 Å². The molecule has 7 nitrogen and oxygen atoms in total. The van der Waals surface area contributed by atoms with Crippen LogP contribution in [0, 0.1) is 58.2 Å². The van der Waals surface area contributed by atoms with Crippen molar-refractivity contribution in [2.24, 2.45) is 51.2 Å². The Morgan fingerprint density at radius 1 is 1.11 bits per heavy atom. The summed E-state index contributed by atoms with van der Waals surface area (Å²) in [6, 6.07) is 0. The van der Waals surface area contributed by atoms with Crippen LogP contribution in [-0.4, -0.2) is 45.4 Å². The van der Waals surface area contributed by atoms with E-state index in [1.54, 1.807) is 0 Å². The summed E-state index contributed by atoms with van der Waals surface area (Å²) >= 11 is 0. The summed E-state index contributed by atoms with van der Waals surface area (Å²) in [6.07, 6.45) is 9.69. The molecule has 2 heterocycles. The standard InChI is InChI=1S/C37H54N2O5/c1-22(2)25-10-13-37(33(42)43-17-9-16-39-20-24(5)38-21-39)15-14-34(6)27(31(25)37)18-28-32-35(34,7)12-11-26(23(3)4)36(32,8)29(40)19-30(41)44-28/h20-21,25-29,31-32,40H,1,3,9-19H2,2,4-8H3/t25-,26-,27+,28+,29+,31+,32-,34+,35+,36+,37-/m0/s1. The number of hydrogen-bond acceptors (Lipinski definition) is 6. The van der Waals surface area contributed by atoms with Crippen LogP contribution in [0.4, 0.5) is 0 Å². The SMILES string of the molecule is C=C(C)[C@@H]1CC[C@]2(C(=O)OCCCn3cnc(C)c3)CC[C@]3(C)[C@H](C[C@H]4OC(=O)C[C@@H](O)[C@]5(C)[C@@H]4[C@@]3(C)CC[C@H]5C(=C)C)[C@@H]12. The number of aliphatic hydroxyl groups excluding tert-OH is 1. The number of esters is 2. The summed E-state index contributed by atoms with van der Waals surface area (Å²) in [4.78, 5) is 31.8. The molecule has 1 aromatic heterocycles. The minimum Gasteiger partial charge on any atom is -0.465 e. The number of fused-ring (bicyclic) bond motifs is 4. The summed E-state index contributed by atoms with van der Waals surface area (Å²) in [5.41, 5.74) is 1.90. The smallest absolute Gasteiger partial charge is 0.312 e. The Balaban J connectivity index is 1.35. The highest BCUT2D eigenvalue weighted by Gasteiger charge is 2.74. The van der Waals surface area contributed by atoms with E-state index in [9.17, 15) is 14.7 Å². The number of allylic oxidation sites excluding steroid dienone is 2. The Bertz CT molecular complexity index is 1350. The minimum atomic E-state index is -0.773. The number of nitrogens with zero attached hydrogens (tertiary/aromatic N) is 2. The van der Waals surface area contributed by atoms with Gasteiger partial charge in [0.1, 0.15) is 6.10 Å². The molecule has 0 spiro atoms. The lowest BCUT2D eigenvalue weighted by Crippen LogP contribution is -2.69. The van der Waals surface area contributed by atoms with Gasteiger partial charge >= 0.3 is 11.9 Å². The highest BCUT2D eigenvalue weighted by molar-refractivity contribution is 5.78. The van der Waals surface area contributed by atoms with E-state index in [0.29, 0.717) is 6.61 Å². The lowest BCUT2D eigenvalue weighted by atomic mass is 9.33. The van der Waals surface area contributed by atoms with Crippen molar-refractivity contribution in [3.05, 3.63) is 42.5 Å². The van der Waals surface area contributed by atoms with E-state index in [1.165, 1.54) is 0 Å². The lowest BCUT2D eigenvalue weighted by Gasteiger charge is -2.71. The van der Waals surface area contributed by atoms with Gasteiger partial charge in [-0.15, -0.1) is 0 Å². The van der Waals surface area contributed by atoms with Gasteiger partial charge in [-0.25, -0.2) is 4.98 Å². The number of aliphatic hydroxyl groups is 1. The second kappa shape index (κ2) is 10.8. The number of imidazole rings is 1. The van der Waals surface area contributed by atoms with Crippen molar-refractivity contribution in [3.8, 4) is 0 Å². The van der Waals surface area contributed by atoms with Crippen LogP contribution in [-0.2, 0) is 25.6 Å². The van der Waals surface area contributed by atoms with E-state index in [4.69, 9.17) is 9.47 Å². The molecule has 0 amide bonds. The van der Waals surface area contributed by atoms with Crippen LogP contribution in [0.25, 0.3) is 0 Å². The zero-order valence-corrected chi connectivity index (χ0v) is 27.9. The normalized spacial score (nSPS) is 44.4. The Labute approximate surface area is 263 Å². The summed E-state index contributed by atoms with van der Waals surface area (Å²) < 4.78 is 14.6. The van der Waals surface area contributed by atoms with Gasteiger partial charge in [0.05, 0.1) is 36.6 Å². The van der Waals surface area contributed by atoms with Gasteiger partial charge in [0.15, 0.2) is 0 Å². The Hall–Kier alpha value is -2.41. The Morgan fingerprint density at radius 3 is 2.52 bits per heavy atom. The van der Waals surface area contributed by atoms with Crippen molar-refractivity contribution in [3.63, 3.8) is 0 Å². The van der Waals surface area contributed by atoms with Crippen LogP contribution < -0.4 is 0 Å². The van der Waals surface area contributed by atoms with E-state index < -0.39 is 16.9 Å². The van der Waals surface area contributed by atoms with Crippen molar-refractivity contribution in [2.45, 2.75) is 118 Å². The van der Waals surface area contributed by atoms with E-state index in [0.717, 1.165) is 74.8 Å². The molecule has 5 fully saturated rings.